The summed E-state index contributed by atoms with van der Waals surface area (Å²) in [5, 5.41) is 11.4. The maximum atomic E-state index is 13.0. The summed E-state index contributed by atoms with van der Waals surface area (Å²) in [7, 11) is 0. The Morgan fingerprint density at radius 1 is 1.14 bits per heavy atom. The van der Waals surface area contributed by atoms with Crippen molar-refractivity contribution in [1.82, 2.24) is 24.9 Å². The molecule has 1 aromatic heterocycles. The molecule has 1 aromatic carbocycles. The molecule has 1 fully saturated rings. The molecular formula is C20H25N5O3. The number of carbonyl (C=O) groups is 2. The van der Waals surface area contributed by atoms with Crippen LogP contribution in [0.4, 0.5) is 4.79 Å². The van der Waals surface area contributed by atoms with Gasteiger partial charge < -0.3 is 14.6 Å². The van der Waals surface area contributed by atoms with Gasteiger partial charge in [0, 0.05) is 25.2 Å². The predicted molar refractivity (Wildman–Crippen MR) is 104 cm³/mol. The maximum absolute atomic E-state index is 13.0. The van der Waals surface area contributed by atoms with Gasteiger partial charge in [0.15, 0.2) is 5.69 Å². The molecule has 2 aliphatic rings. The van der Waals surface area contributed by atoms with Crippen molar-refractivity contribution in [3.05, 3.63) is 41.7 Å². The number of amides is 2. The highest BCUT2D eigenvalue weighted by Crippen LogP contribution is 2.31. The normalized spacial score (nSPS) is 19.9. The van der Waals surface area contributed by atoms with Crippen LogP contribution in [0.1, 0.15) is 48.4 Å². The van der Waals surface area contributed by atoms with Gasteiger partial charge in [-0.1, -0.05) is 36.8 Å². The van der Waals surface area contributed by atoms with Crippen molar-refractivity contribution < 1.29 is 14.7 Å². The van der Waals surface area contributed by atoms with E-state index < -0.39 is 6.09 Å². The number of carboxylic acid groups (broad SMARTS) is 1. The minimum absolute atomic E-state index is 0.112. The van der Waals surface area contributed by atoms with E-state index in [1.807, 2.05) is 46.8 Å². The SMILES string of the molecule is CC1CN(C(=O)O)Cc2c(C(=O)NN3CCCCC3)nc(-c3ccccc3)n21. The van der Waals surface area contributed by atoms with E-state index in [0.29, 0.717) is 23.8 Å². The molecule has 2 aromatic rings. The first-order chi connectivity index (χ1) is 13.5. The molecule has 2 aliphatic heterocycles. The molecular weight excluding hydrogens is 358 g/mol. The van der Waals surface area contributed by atoms with Crippen LogP contribution in [-0.2, 0) is 6.54 Å². The van der Waals surface area contributed by atoms with Gasteiger partial charge in [0.25, 0.3) is 5.91 Å². The van der Waals surface area contributed by atoms with Gasteiger partial charge in [0.05, 0.1) is 18.3 Å². The lowest BCUT2D eigenvalue weighted by molar-refractivity contribution is 0.0739. The molecule has 0 saturated carbocycles. The Hall–Kier alpha value is -2.87. The zero-order valence-corrected chi connectivity index (χ0v) is 16.0. The second-order valence-corrected chi connectivity index (χ2v) is 7.47. The van der Waals surface area contributed by atoms with E-state index in [4.69, 9.17) is 0 Å². The van der Waals surface area contributed by atoms with Crippen LogP contribution in [0.3, 0.4) is 0 Å². The average Bonchev–Trinajstić information content (AvgIpc) is 3.10. The quantitative estimate of drug-likeness (QED) is 0.850. The number of rotatable bonds is 3. The van der Waals surface area contributed by atoms with Gasteiger partial charge in [-0.3, -0.25) is 10.2 Å². The van der Waals surface area contributed by atoms with E-state index in [0.717, 1.165) is 31.5 Å². The summed E-state index contributed by atoms with van der Waals surface area (Å²) in [4.78, 5) is 30.6. The van der Waals surface area contributed by atoms with Crippen LogP contribution in [0.5, 0.6) is 0 Å². The highest BCUT2D eigenvalue weighted by Gasteiger charge is 2.33. The summed E-state index contributed by atoms with van der Waals surface area (Å²) in [6.45, 7) is 4.13. The second kappa shape index (κ2) is 7.63. The van der Waals surface area contributed by atoms with Crippen molar-refractivity contribution in [2.24, 2.45) is 0 Å². The first kappa shape index (κ1) is 18.5. The Labute approximate surface area is 163 Å². The number of imidazole rings is 1. The third-order valence-electron chi connectivity index (χ3n) is 5.41. The van der Waals surface area contributed by atoms with Gasteiger partial charge in [-0.2, -0.15) is 0 Å². The smallest absolute Gasteiger partial charge is 0.407 e. The monoisotopic (exact) mass is 383 g/mol. The Morgan fingerprint density at radius 3 is 2.54 bits per heavy atom. The zero-order chi connectivity index (χ0) is 19.7. The van der Waals surface area contributed by atoms with Crippen LogP contribution in [0.25, 0.3) is 11.4 Å². The van der Waals surface area contributed by atoms with Crippen LogP contribution < -0.4 is 5.43 Å². The summed E-state index contributed by atoms with van der Waals surface area (Å²) in [5.74, 6) is 0.434. The fraction of sp³-hybridized carbons (Fsp3) is 0.450. The number of hydrogen-bond donors (Lipinski definition) is 2. The predicted octanol–water partition coefficient (Wildman–Crippen LogP) is 2.74. The number of piperidine rings is 1. The number of hydrogen-bond acceptors (Lipinski definition) is 4. The third-order valence-corrected chi connectivity index (χ3v) is 5.41. The van der Waals surface area contributed by atoms with Gasteiger partial charge >= 0.3 is 6.09 Å². The fourth-order valence-electron chi connectivity index (χ4n) is 4.06. The Balaban J connectivity index is 1.73. The number of fused-ring (bicyclic) bond motifs is 1. The standard InChI is InChI=1S/C20H25N5O3/c1-14-12-23(20(27)28)13-16-17(19(26)22-24-10-6-3-7-11-24)21-18(25(14)16)15-8-4-2-5-9-15/h2,4-5,8-9,14H,3,6-7,10-13H2,1H3,(H,22,26)(H,27,28). The highest BCUT2D eigenvalue weighted by atomic mass is 16.4. The van der Waals surface area contributed by atoms with Crippen molar-refractivity contribution in [3.63, 3.8) is 0 Å². The summed E-state index contributed by atoms with van der Waals surface area (Å²) in [6, 6.07) is 9.60. The zero-order valence-electron chi connectivity index (χ0n) is 16.0. The lowest BCUT2D eigenvalue weighted by Gasteiger charge is -2.32. The molecule has 1 unspecified atom stereocenters. The average molecular weight is 383 g/mol. The molecule has 1 atom stereocenters. The van der Waals surface area contributed by atoms with E-state index in [2.05, 4.69) is 10.4 Å². The van der Waals surface area contributed by atoms with Crippen LogP contribution >= 0.6 is 0 Å². The third kappa shape index (κ3) is 3.47. The van der Waals surface area contributed by atoms with Crippen LogP contribution in [0.15, 0.2) is 30.3 Å². The maximum Gasteiger partial charge on any atom is 0.407 e. The largest absolute Gasteiger partial charge is 0.465 e. The molecule has 3 heterocycles. The minimum Gasteiger partial charge on any atom is -0.465 e. The Kier molecular flexibility index (Phi) is 5.04. The number of nitrogens with zero attached hydrogens (tertiary/aromatic N) is 4. The topological polar surface area (TPSA) is 90.7 Å². The van der Waals surface area contributed by atoms with E-state index in [9.17, 15) is 14.7 Å². The Morgan fingerprint density at radius 2 is 1.86 bits per heavy atom. The first-order valence-electron chi connectivity index (χ1n) is 9.75. The van der Waals surface area contributed by atoms with Crippen molar-refractivity contribution in [2.45, 2.75) is 38.8 Å². The van der Waals surface area contributed by atoms with Crippen molar-refractivity contribution in [3.8, 4) is 11.4 Å². The molecule has 0 spiro atoms. The fourth-order valence-corrected chi connectivity index (χ4v) is 4.06. The van der Waals surface area contributed by atoms with Crippen molar-refractivity contribution in [1.29, 1.82) is 0 Å². The minimum atomic E-state index is -0.983. The molecule has 8 nitrogen and oxygen atoms in total. The van der Waals surface area contributed by atoms with E-state index >= 15 is 0 Å². The second-order valence-electron chi connectivity index (χ2n) is 7.47. The lowest BCUT2D eigenvalue weighted by atomic mass is 10.1. The summed E-state index contributed by atoms with van der Waals surface area (Å²) in [5.41, 5.74) is 4.83. The Bertz CT molecular complexity index is 873. The number of aromatic nitrogens is 2. The van der Waals surface area contributed by atoms with Crippen LogP contribution in [-0.4, -0.2) is 56.2 Å². The summed E-state index contributed by atoms with van der Waals surface area (Å²) < 4.78 is 2.01. The summed E-state index contributed by atoms with van der Waals surface area (Å²) >= 11 is 0. The molecule has 4 rings (SSSR count). The summed E-state index contributed by atoms with van der Waals surface area (Å²) in [6.07, 6.45) is 2.31. The highest BCUT2D eigenvalue weighted by molar-refractivity contribution is 5.94. The molecule has 2 N–H and O–H groups in total. The molecule has 0 aliphatic carbocycles. The van der Waals surface area contributed by atoms with Gasteiger partial charge in [0.1, 0.15) is 5.82 Å². The first-order valence-corrected chi connectivity index (χ1v) is 9.75. The van der Waals surface area contributed by atoms with Gasteiger partial charge in [-0.25, -0.2) is 14.8 Å². The number of carbonyl (C=O) groups excluding carboxylic acids is 1. The van der Waals surface area contributed by atoms with Crippen LogP contribution in [0.2, 0.25) is 0 Å². The lowest BCUT2D eigenvalue weighted by Crippen LogP contribution is -2.46. The van der Waals surface area contributed by atoms with Crippen LogP contribution in [0, 0.1) is 0 Å². The van der Waals surface area contributed by atoms with Crippen molar-refractivity contribution >= 4 is 12.0 Å². The van der Waals surface area contributed by atoms with E-state index in [1.54, 1.807) is 0 Å². The van der Waals surface area contributed by atoms with Gasteiger partial charge in [-0.15, -0.1) is 0 Å². The molecule has 28 heavy (non-hydrogen) atoms. The number of benzene rings is 1. The molecule has 0 radical (unpaired) electrons. The molecule has 1 saturated heterocycles. The van der Waals surface area contributed by atoms with Crippen molar-refractivity contribution in [2.75, 3.05) is 19.6 Å². The number of nitrogens with one attached hydrogen (secondary N) is 1. The molecule has 8 heteroatoms. The van der Waals surface area contributed by atoms with Gasteiger partial charge in [0.2, 0.25) is 0 Å². The van der Waals surface area contributed by atoms with E-state index in [1.165, 1.54) is 11.3 Å². The number of hydrazine groups is 1. The van der Waals surface area contributed by atoms with E-state index in [-0.39, 0.29) is 18.5 Å². The van der Waals surface area contributed by atoms with Gasteiger partial charge in [-0.05, 0) is 19.8 Å². The molecule has 148 valence electrons. The molecule has 2 amide bonds. The molecule has 0 bridgehead atoms.